The van der Waals surface area contributed by atoms with Crippen LogP contribution in [-0.2, 0) is 0 Å². The van der Waals surface area contributed by atoms with Crippen LogP contribution in [0.4, 0.5) is 0 Å². The normalized spacial score (nSPS) is 16.3. The summed E-state index contributed by atoms with van der Waals surface area (Å²) in [5.74, 6) is 0.353. The minimum Gasteiger partial charge on any atom is -0.477 e. The Balaban J connectivity index is 2.03. The third-order valence-corrected chi connectivity index (χ3v) is 3.24. The fraction of sp³-hybridized carbons (Fsp3) is 0.571. The maximum Gasteiger partial charge on any atom is 0.256 e. The van der Waals surface area contributed by atoms with E-state index in [1.165, 1.54) is 19.3 Å². The quantitative estimate of drug-likeness (QED) is 0.890. The Morgan fingerprint density at radius 1 is 1.44 bits per heavy atom. The molecule has 1 aliphatic carbocycles. The molecule has 0 saturated heterocycles. The molecule has 1 aliphatic rings. The van der Waals surface area contributed by atoms with Crippen LogP contribution in [0.1, 0.15) is 49.4 Å². The van der Waals surface area contributed by atoms with Crippen molar-refractivity contribution in [1.82, 2.24) is 10.3 Å². The molecule has 0 aromatic carbocycles. The van der Waals surface area contributed by atoms with Gasteiger partial charge in [-0.15, -0.1) is 0 Å². The number of pyridine rings is 1. The van der Waals surface area contributed by atoms with Gasteiger partial charge in [0.25, 0.3) is 5.91 Å². The number of hydrogen-bond acceptors (Lipinski definition) is 3. The topological polar surface area (TPSA) is 51.2 Å². The first-order chi connectivity index (χ1) is 8.81. The lowest BCUT2D eigenvalue weighted by Crippen LogP contribution is -2.36. The van der Waals surface area contributed by atoms with Crippen LogP contribution < -0.4 is 10.1 Å². The Hall–Kier alpha value is -1.58. The first-order valence-corrected chi connectivity index (χ1v) is 6.70. The number of ether oxygens (including phenoxy) is 1. The molecule has 0 unspecified atom stereocenters. The number of nitrogens with one attached hydrogen (secondary N) is 1. The summed E-state index contributed by atoms with van der Waals surface area (Å²) in [7, 11) is 0. The number of nitrogens with zero attached hydrogens (tertiary/aromatic N) is 1. The van der Waals surface area contributed by atoms with Crippen molar-refractivity contribution in [2.45, 2.75) is 45.1 Å². The highest BCUT2D eigenvalue weighted by Gasteiger charge is 2.19. The lowest BCUT2D eigenvalue weighted by molar-refractivity contribution is 0.0923. The number of rotatable bonds is 4. The van der Waals surface area contributed by atoms with Gasteiger partial charge in [-0.2, -0.15) is 0 Å². The third-order valence-electron chi connectivity index (χ3n) is 3.24. The molecule has 1 fully saturated rings. The van der Waals surface area contributed by atoms with Crippen molar-refractivity contribution in [1.29, 1.82) is 0 Å². The minimum absolute atomic E-state index is 0.0709. The molecular weight excluding hydrogens is 228 g/mol. The van der Waals surface area contributed by atoms with E-state index in [4.69, 9.17) is 4.74 Å². The predicted octanol–water partition coefficient (Wildman–Crippen LogP) is 2.54. The van der Waals surface area contributed by atoms with Crippen LogP contribution in [0.5, 0.6) is 5.88 Å². The van der Waals surface area contributed by atoms with Gasteiger partial charge >= 0.3 is 0 Å². The molecule has 4 heteroatoms. The van der Waals surface area contributed by atoms with E-state index in [0.29, 0.717) is 24.1 Å². The van der Waals surface area contributed by atoms with Crippen molar-refractivity contribution in [3.63, 3.8) is 0 Å². The second-order valence-electron chi connectivity index (χ2n) is 4.60. The fourth-order valence-electron chi connectivity index (χ4n) is 2.33. The smallest absolute Gasteiger partial charge is 0.256 e. The van der Waals surface area contributed by atoms with Gasteiger partial charge in [0.05, 0.1) is 6.61 Å². The molecule has 1 heterocycles. The van der Waals surface area contributed by atoms with E-state index in [9.17, 15) is 4.79 Å². The summed E-state index contributed by atoms with van der Waals surface area (Å²) in [5, 5.41) is 3.08. The van der Waals surface area contributed by atoms with Gasteiger partial charge in [0.15, 0.2) is 0 Å². The van der Waals surface area contributed by atoms with Gasteiger partial charge in [0.2, 0.25) is 5.88 Å². The monoisotopic (exact) mass is 248 g/mol. The molecule has 1 amide bonds. The van der Waals surface area contributed by atoms with Crippen LogP contribution in [0, 0.1) is 0 Å². The highest BCUT2D eigenvalue weighted by Crippen LogP contribution is 2.19. The van der Waals surface area contributed by atoms with Crippen LogP contribution >= 0.6 is 0 Å². The van der Waals surface area contributed by atoms with Gasteiger partial charge in [0.1, 0.15) is 5.56 Å². The highest BCUT2D eigenvalue weighted by atomic mass is 16.5. The zero-order chi connectivity index (χ0) is 12.8. The molecule has 1 aromatic rings. The number of aromatic nitrogens is 1. The standard InChI is InChI=1S/C14H20N2O2/c1-2-18-14-12(9-6-10-15-14)13(17)16-11-7-4-3-5-8-11/h6,9-11H,2-5,7-8H2,1H3,(H,16,17). The zero-order valence-corrected chi connectivity index (χ0v) is 10.8. The number of carbonyl (C=O) groups excluding carboxylic acids is 1. The second kappa shape index (κ2) is 6.38. The summed E-state index contributed by atoms with van der Waals surface area (Å²) >= 11 is 0. The van der Waals surface area contributed by atoms with Crippen LogP contribution in [0.2, 0.25) is 0 Å². The largest absolute Gasteiger partial charge is 0.477 e. The molecule has 1 aromatic heterocycles. The Bertz CT molecular complexity index is 401. The van der Waals surface area contributed by atoms with Crippen molar-refractivity contribution >= 4 is 5.91 Å². The molecule has 0 bridgehead atoms. The summed E-state index contributed by atoms with van der Waals surface area (Å²) in [5.41, 5.74) is 0.532. The molecule has 0 aliphatic heterocycles. The molecule has 4 nitrogen and oxygen atoms in total. The maximum absolute atomic E-state index is 12.2. The number of amides is 1. The number of hydrogen-bond donors (Lipinski definition) is 1. The van der Waals surface area contributed by atoms with E-state index in [1.807, 2.05) is 6.92 Å². The third kappa shape index (κ3) is 3.22. The van der Waals surface area contributed by atoms with E-state index < -0.39 is 0 Å². The molecule has 18 heavy (non-hydrogen) atoms. The summed E-state index contributed by atoms with van der Waals surface area (Å²) < 4.78 is 5.38. The molecule has 1 N–H and O–H groups in total. The van der Waals surface area contributed by atoms with E-state index in [-0.39, 0.29) is 5.91 Å². The Morgan fingerprint density at radius 2 is 2.22 bits per heavy atom. The van der Waals surface area contributed by atoms with E-state index in [1.54, 1.807) is 18.3 Å². The van der Waals surface area contributed by atoms with Crippen LogP contribution in [0.25, 0.3) is 0 Å². The average Bonchev–Trinajstić information content (AvgIpc) is 2.41. The summed E-state index contributed by atoms with van der Waals surface area (Å²) in [6, 6.07) is 3.83. The minimum atomic E-state index is -0.0709. The summed E-state index contributed by atoms with van der Waals surface area (Å²) in [4.78, 5) is 16.3. The zero-order valence-electron chi connectivity index (χ0n) is 10.8. The second-order valence-corrected chi connectivity index (χ2v) is 4.60. The predicted molar refractivity (Wildman–Crippen MR) is 69.7 cm³/mol. The van der Waals surface area contributed by atoms with E-state index >= 15 is 0 Å². The molecule has 98 valence electrons. The van der Waals surface area contributed by atoms with Gasteiger partial charge in [0, 0.05) is 12.2 Å². The van der Waals surface area contributed by atoms with Crippen LogP contribution in [0.3, 0.4) is 0 Å². The summed E-state index contributed by atoms with van der Waals surface area (Å²) in [6.07, 6.45) is 7.49. The Kier molecular flexibility index (Phi) is 4.56. The lowest BCUT2D eigenvalue weighted by Gasteiger charge is -2.23. The van der Waals surface area contributed by atoms with Gasteiger partial charge in [-0.3, -0.25) is 4.79 Å². The first-order valence-electron chi connectivity index (χ1n) is 6.70. The number of carbonyl (C=O) groups is 1. The molecule has 1 saturated carbocycles. The van der Waals surface area contributed by atoms with Crippen molar-refractivity contribution in [2.75, 3.05) is 6.61 Å². The Morgan fingerprint density at radius 3 is 2.94 bits per heavy atom. The van der Waals surface area contributed by atoms with Gasteiger partial charge in [-0.1, -0.05) is 19.3 Å². The molecule has 2 rings (SSSR count). The maximum atomic E-state index is 12.2. The fourth-order valence-corrected chi connectivity index (χ4v) is 2.33. The van der Waals surface area contributed by atoms with Crippen LogP contribution in [0.15, 0.2) is 18.3 Å². The molecule has 0 atom stereocenters. The van der Waals surface area contributed by atoms with Gasteiger partial charge in [-0.05, 0) is 31.9 Å². The van der Waals surface area contributed by atoms with Crippen molar-refractivity contribution < 1.29 is 9.53 Å². The van der Waals surface area contributed by atoms with Crippen molar-refractivity contribution in [3.8, 4) is 5.88 Å². The summed E-state index contributed by atoms with van der Waals surface area (Å²) in [6.45, 7) is 2.40. The highest BCUT2D eigenvalue weighted by molar-refractivity contribution is 5.96. The van der Waals surface area contributed by atoms with E-state index in [2.05, 4.69) is 10.3 Å². The van der Waals surface area contributed by atoms with Gasteiger partial charge in [-0.25, -0.2) is 4.98 Å². The Labute approximate surface area is 108 Å². The SMILES string of the molecule is CCOc1ncccc1C(=O)NC1CCCCC1. The molecule has 0 spiro atoms. The van der Waals surface area contributed by atoms with Crippen molar-refractivity contribution in [2.24, 2.45) is 0 Å². The lowest BCUT2D eigenvalue weighted by atomic mass is 9.95. The van der Waals surface area contributed by atoms with Crippen molar-refractivity contribution in [3.05, 3.63) is 23.9 Å². The molecular formula is C14H20N2O2. The van der Waals surface area contributed by atoms with Gasteiger partial charge < -0.3 is 10.1 Å². The average molecular weight is 248 g/mol. The van der Waals surface area contributed by atoms with E-state index in [0.717, 1.165) is 12.8 Å². The first kappa shape index (κ1) is 12.9. The van der Waals surface area contributed by atoms with Crippen LogP contribution in [-0.4, -0.2) is 23.5 Å². The molecule has 0 radical (unpaired) electrons.